The number of anilines is 1. The van der Waals surface area contributed by atoms with Crippen LogP contribution in [0.1, 0.15) is 5.56 Å². The van der Waals surface area contributed by atoms with Crippen molar-refractivity contribution in [3.05, 3.63) is 44.5 Å². The summed E-state index contributed by atoms with van der Waals surface area (Å²) in [4.78, 5) is 7.62. The molecule has 0 amide bonds. The molecule has 27 heavy (non-hydrogen) atoms. The second-order valence-corrected chi connectivity index (χ2v) is 8.16. The van der Waals surface area contributed by atoms with Gasteiger partial charge in [0.05, 0.1) is 10.9 Å². The van der Waals surface area contributed by atoms with Gasteiger partial charge in [-0.1, -0.05) is 12.1 Å². The molecule has 2 heterocycles. The van der Waals surface area contributed by atoms with E-state index in [0.717, 1.165) is 9.70 Å². The molecule has 0 radical (unpaired) electrons. The number of fused-ring (bicyclic) bond motifs is 2. The second-order valence-electron chi connectivity index (χ2n) is 5.61. The van der Waals surface area contributed by atoms with E-state index in [-0.39, 0.29) is 22.1 Å². The molecule has 0 saturated heterocycles. The van der Waals surface area contributed by atoms with Crippen LogP contribution in [0, 0.1) is 20.7 Å². The van der Waals surface area contributed by atoms with Gasteiger partial charge in [-0.2, -0.15) is 10.2 Å². The van der Waals surface area contributed by atoms with Crippen LogP contribution in [0.4, 0.5) is 9.39 Å². The predicted molar refractivity (Wildman–Crippen MR) is 114 cm³/mol. The molecule has 0 atom stereocenters. The summed E-state index contributed by atoms with van der Waals surface area (Å²) in [7, 11) is 1.74. The fourth-order valence-corrected chi connectivity index (χ4v) is 5.08. The van der Waals surface area contributed by atoms with Gasteiger partial charge in [0.2, 0.25) is 11.2 Å². The predicted octanol–water partition coefficient (Wildman–Crippen LogP) is 5.53. The Balaban J connectivity index is 2.15. The number of halogens is 3. The van der Waals surface area contributed by atoms with Crippen LogP contribution in [0.5, 0.6) is 5.88 Å². The van der Waals surface area contributed by atoms with Gasteiger partial charge in [0.15, 0.2) is 5.82 Å². The standard InChI is InChI=1S/C18H9ClFIN4OS/c1-23-17-9(6-22)12-7(3-2-4-11(12)27-17)13-10(21)5-8-15(14(13)20)24-18(19)25-16(8)26/h2-5,23H,1H3,(H,24,25,26). The minimum atomic E-state index is -0.620. The highest BCUT2D eigenvalue weighted by atomic mass is 127. The van der Waals surface area contributed by atoms with E-state index in [1.807, 2.05) is 34.7 Å². The van der Waals surface area contributed by atoms with Gasteiger partial charge in [0.1, 0.15) is 16.6 Å². The highest BCUT2D eigenvalue weighted by molar-refractivity contribution is 14.1. The lowest BCUT2D eigenvalue weighted by Crippen LogP contribution is -1.97. The first-order valence-electron chi connectivity index (χ1n) is 7.64. The van der Waals surface area contributed by atoms with Crippen LogP contribution in [0.3, 0.4) is 0 Å². The number of benzene rings is 2. The molecule has 0 fully saturated rings. The summed E-state index contributed by atoms with van der Waals surface area (Å²) in [6.07, 6.45) is 0. The fourth-order valence-electron chi connectivity index (χ4n) is 3.04. The summed E-state index contributed by atoms with van der Waals surface area (Å²) in [5.74, 6) is -0.998. The zero-order valence-electron chi connectivity index (χ0n) is 13.6. The number of nitrogens with one attached hydrogen (secondary N) is 1. The van der Waals surface area contributed by atoms with Crippen molar-refractivity contribution in [3.8, 4) is 23.1 Å². The van der Waals surface area contributed by atoms with Crippen molar-refractivity contribution in [1.29, 1.82) is 5.26 Å². The molecule has 134 valence electrons. The first-order valence-corrected chi connectivity index (χ1v) is 9.91. The molecule has 0 spiro atoms. The van der Waals surface area contributed by atoms with E-state index >= 15 is 4.39 Å². The normalized spacial score (nSPS) is 11.1. The van der Waals surface area contributed by atoms with E-state index in [1.165, 1.54) is 11.3 Å². The Kier molecular flexibility index (Phi) is 4.53. The van der Waals surface area contributed by atoms with Crippen LogP contribution in [0.15, 0.2) is 24.3 Å². The van der Waals surface area contributed by atoms with Crippen molar-refractivity contribution in [2.45, 2.75) is 0 Å². The Morgan fingerprint density at radius 2 is 2.15 bits per heavy atom. The first-order chi connectivity index (χ1) is 13.0. The largest absolute Gasteiger partial charge is 0.493 e. The fraction of sp³-hybridized carbons (Fsp3) is 0.0556. The van der Waals surface area contributed by atoms with Crippen LogP contribution in [-0.4, -0.2) is 22.1 Å². The Bertz CT molecular complexity index is 1280. The molecule has 2 N–H and O–H groups in total. The number of thiophene rings is 1. The molecule has 2 aromatic carbocycles. The third-order valence-electron chi connectivity index (χ3n) is 4.16. The Hall–Kier alpha value is -2.22. The van der Waals surface area contributed by atoms with Crippen molar-refractivity contribution in [2.24, 2.45) is 0 Å². The van der Waals surface area contributed by atoms with E-state index in [1.54, 1.807) is 19.2 Å². The molecular formula is C18H9ClFIN4OS. The summed E-state index contributed by atoms with van der Waals surface area (Å²) in [5, 5.41) is 24.0. The summed E-state index contributed by atoms with van der Waals surface area (Å²) in [6, 6.07) is 9.29. The van der Waals surface area contributed by atoms with Crippen LogP contribution in [0.25, 0.3) is 32.1 Å². The number of hydrogen-bond donors (Lipinski definition) is 2. The van der Waals surface area contributed by atoms with Crippen LogP contribution in [0.2, 0.25) is 5.28 Å². The van der Waals surface area contributed by atoms with Crippen molar-refractivity contribution >= 4 is 71.5 Å². The lowest BCUT2D eigenvalue weighted by Gasteiger charge is -2.12. The lowest BCUT2D eigenvalue weighted by molar-refractivity contribution is 0.459. The lowest BCUT2D eigenvalue weighted by atomic mass is 9.97. The number of nitriles is 1. The minimum Gasteiger partial charge on any atom is -0.493 e. The molecule has 5 nitrogen and oxygen atoms in total. The molecule has 0 aliphatic carbocycles. The molecule has 0 saturated carbocycles. The Morgan fingerprint density at radius 1 is 1.37 bits per heavy atom. The van der Waals surface area contributed by atoms with Crippen molar-refractivity contribution in [3.63, 3.8) is 0 Å². The van der Waals surface area contributed by atoms with E-state index < -0.39 is 5.82 Å². The first kappa shape index (κ1) is 18.2. The molecule has 4 rings (SSSR count). The van der Waals surface area contributed by atoms with Gasteiger partial charge in [-0.25, -0.2) is 9.37 Å². The summed E-state index contributed by atoms with van der Waals surface area (Å²) in [5.41, 5.74) is 1.29. The summed E-state index contributed by atoms with van der Waals surface area (Å²) >= 11 is 9.23. The van der Waals surface area contributed by atoms with Crippen molar-refractivity contribution in [1.82, 2.24) is 9.97 Å². The minimum absolute atomic E-state index is 0.0671. The van der Waals surface area contributed by atoms with Gasteiger partial charge in [0, 0.05) is 26.3 Å². The smallest absolute Gasteiger partial charge is 0.226 e. The quantitative estimate of drug-likeness (QED) is 0.274. The number of aromatic nitrogens is 2. The second kappa shape index (κ2) is 6.74. The average molecular weight is 511 g/mol. The van der Waals surface area contributed by atoms with Gasteiger partial charge >= 0.3 is 0 Å². The van der Waals surface area contributed by atoms with E-state index in [0.29, 0.717) is 25.6 Å². The van der Waals surface area contributed by atoms with Gasteiger partial charge in [-0.3, -0.25) is 0 Å². The number of nitrogens with zero attached hydrogens (tertiary/aromatic N) is 3. The number of aromatic hydroxyl groups is 1. The summed E-state index contributed by atoms with van der Waals surface area (Å²) < 4.78 is 16.9. The highest BCUT2D eigenvalue weighted by Gasteiger charge is 2.22. The van der Waals surface area contributed by atoms with Crippen molar-refractivity contribution < 1.29 is 9.50 Å². The third-order valence-corrected chi connectivity index (χ3v) is 6.35. The van der Waals surface area contributed by atoms with Crippen LogP contribution >= 0.6 is 45.5 Å². The number of rotatable bonds is 2. The monoisotopic (exact) mass is 510 g/mol. The van der Waals surface area contributed by atoms with Crippen LogP contribution < -0.4 is 5.32 Å². The molecule has 0 bridgehead atoms. The zero-order chi connectivity index (χ0) is 19.3. The average Bonchev–Trinajstić information content (AvgIpc) is 3.01. The summed E-state index contributed by atoms with van der Waals surface area (Å²) in [6.45, 7) is 0. The van der Waals surface area contributed by atoms with E-state index in [2.05, 4.69) is 21.4 Å². The Labute approximate surface area is 175 Å². The van der Waals surface area contributed by atoms with Gasteiger partial charge in [-0.15, -0.1) is 11.3 Å². The molecule has 0 unspecified atom stereocenters. The SMILES string of the molecule is CNc1sc2cccc(-c3c(I)cc4c(O)nc(Cl)nc4c3F)c2c1C#N. The maximum Gasteiger partial charge on any atom is 0.226 e. The van der Waals surface area contributed by atoms with E-state index in [4.69, 9.17) is 11.6 Å². The molecule has 2 aromatic heterocycles. The van der Waals surface area contributed by atoms with Crippen LogP contribution in [-0.2, 0) is 0 Å². The van der Waals surface area contributed by atoms with Gasteiger partial charge in [0.25, 0.3) is 0 Å². The molecule has 0 aliphatic rings. The highest BCUT2D eigenvalue weighted by Crippen LogP contribution is 2.44. The maximum absolute atomic E-state index is 15.5. The topological polar surface area (TPSA) is 81.8 Å². The molecular weight excluding hydrogens is 502 g/mol. The number of hydrogen-bond acceptors (Lipinski definition) is 6. The molecule has 4 aromatic rings. The zero-order valence-corrected chi connectivity index (χ0v) is 17.4. The van der Waals surface area contributed by atoms with E-state index in [9.17, 15) is 10.4 Å². The van der Waals surface area contributed by atoms with Crippen molar-refractivity contribution in [2.75, 3.05) is 12.4 Å². The Morgan fingerprint density at radius 3 is 2.85 bits per heavy atom. The third kappa shape index (κ3) is 2.77. The maximum atomic E-state index is 15.5. The molecule has 0 aliphatic heterocycles. The van der Waals surface area contributed by atoms with Gasteiger partial charge in [-0.05, 0) is 51.9 Å². The molecule has 9 heteroatoms. The van der Waals surface area contributed by atoms with Gasteiger partial charge < -0.3 is 10.4 Å².